The van der Waals surface area contributed by atoms with Crippen molar-refractivity contribution in [2.45, 2.75) is 33.4 Å². The van der Waals surface area contributed by atoms with E-state index < -0.39 is 0 Å². The quantitative estimate of drug-likeness (QED) is 0.633. The van der Waals surface area contributed by atoms with Gasteiger partial charge >= 0.3 is 0 Å². The Balaban J connectivity index is 1.82. The van der Waals surface area contributed by atoms with Gasteiger partial charge in [-0.25, -0.2) is 0 Å². The molecule has 5 heteroatoms. The predicted molar refractivity (Wildman–Crippen MR) is 84.7 cm³/mol. The molecule has 0 spiro atoms. The first-order valence-electron chi connectivity index (χ1n) is 7.67. The van der Waals surface area contributed by atoms with Gasteiger partial charge in [0.15, 0.2) is 11.6 Å². The third-order valence-electron chi connectivity index (χ3n) is 4.76. The van der Waals surface area contributed by atoms with Crippen LogP contribution in [0.2, 0.25) is 0 Å². The second-order valence-electron chi connectivity index (χ2n) is 6.09. The van der Waals surface area contributed by atoms with E-state index in [0.29, 0.717) is 23.6 Å². The smallest absolute Gasteiger partial charge is 0.207 e. The topological polar surface area (TPSA) is 61.1 Å². The number of rotatable bonds is 2. The summed E-state index contributed by atoms with van der Waals surface area (Å²) in [5.74, 6) is -0.0131. The van der Waals surface area contributed by atoms with E-state index in [1.807, 2.05) is 16.7 Å². The van der Waals surface area contributed by atoms with Crippen LogP contribution in [-0.2, 0) is 13.1 Å². The third-order valence-corrected chi connectivity index (χ3v) is 4.76. The van der Waals surface area contributed by atoms with Crippen molar-refractivity contribution < 1.29 is 14.4 Å². The largest absolute Gasteiger partial charge is 0.338 e. The molecule has 0 aliphatic carbocycles. The number of allylic oxidation sites excluding steroid dienone is 2. The van der Waals surface area contributed by atoms with Crippen molar-refractivity contribution in [3.8, 4) is 0 Å². The normalized spacial score (nSPS) is 19.1. The molecular weight excluding hydrogens is 292 g/mol. The zero-order chi connectivity index (χ0) is 16.3. The predicted octanol–water partition coefficient (Wildman–Crippen LogP) is 2.75. The van der Waals surface area contributed by atoms with Crippen molar-refractivity contribution in [3.63, 3.8) is 0 Å². The Hall–Kier alpha value is -2.69. The Labute approximate surface area is 133 Å². The molecule has 0 bridgehead atoms. The number of nitrogens with zero attached hydrogens (tertiary/aromatic N) is 2. The van der Waals surface area contributed by atoms with E-state index in [2.05, 4.69) is 0 Å². The van der Waals surface area contributed by atoms with E-state index in [1.54, 1.807) is 23.6 Å². The standard InChI is InChI=1S/C18H16N2O3/c1-10(21)14-3-5-16-12(7-8-19(14)16)13-9-20-15(11(2)22)4-6-17(20)18(13)23/h3-6H,7-9H2,1-2H3/b13-12+. The molecule has 0 N–H and O–H groups in total. The van der Waals surface area contributed by atoms with E-state index in [4.69, 9.17) is 0 Å². The van der Waals surface area contributed by atoms with Crippen molar-refractivity contribution in [2.24, 2.45) is 0 Å². The van der Waals surface area contributed by atoms with Crippen molar-refractivity contribution in [1.29, 1.82) is 0 Å². The first-order valence-corrected chi connectivity index (χ1v) is 7.67. The molecule has 2 aliphatic heterocycles. The maximum Gasteiger partial charge on any atom is 0.207 e. The fourth-order valence-corrected chi connectivity index (χ4v) is 3.70. The first-order chi connectivity index (χ1) is 11.0. The van der Waals surface area contributed by atoms with Crippen LogP contribution < -0.4 is 0 Å². The second-order valence-corrected chi connectivity index (χ2v) is 6.09. The lowest BCUT2D eigenvalue weighted by atomic mass is 10.0. The average molecular weight is 308 g/mol. The number of carbonyl (C=O) groups excluding carboxylic acids is 3. The summed E-state index contributed by atoms with van der Waals surface area (Å²) in [6, 6.07) is 7.17. The maximum atomic E-state index is 12.7. The molecule has 2 aliphatic rings. The minimum atomic E-state index is -0.0380. The van der Waals surface area contributed by atoms with Crippen molar-refractivity contribution in [2.75, 3.05) is 0 Å². The molecule has 5 nitrogen and oxygen atoms in total. The fourth-order valence-electron chi connectivity index (χ4n) is 3.70. The highest BCUT2D eigenvalue weighted by atomic mass is 16.1. The minimum absolute atomic E-state index is 0.00785. The highest BCUT2D eigenvalue weighted by Crippen LogP contribution is 2.37. The Kier molecular flexibility index (Phi) is 2.82. The minimum Gasteiger partial charge on any atom is -0.338 e. The lowest BCUT2D eigenvalue weighted by molar-refractivity contribution is 0.0996. The molecule has 2 aromatic rings. The van der Waals surface area contributed by atoms with Crippen molar-refractivity contribution in [1.82, 2.24) is 9.13 Å². The molecule has 0 unspecified atom stereocenters. The molecule has 0 aromatic carbocycles. The zero-order valence-electron chi connectivity index (χ0n) is 13.0. The van der Waals surface area contributed by atoms with Gasteiger partial charge in [-0.1, -0.05) is 0 Å². The molecule has 0 radical (unpaired) electrons. The molecule has 0 saturated heterocycles. The maximum absolute atomic E-state index is 12.7. The number of hydrogen-bond acceptors (Lipinski definition) is 3. The van der Waals surface area contributed by atoms with Crippen molar-refractivity contribution in [3.05, 3.63) is 52.6 Å². The molecule has 23 heavy (non-hydrogen) atoms. The van der Waals surface area contributed by atoms with Crippen LogP contribution in [0.1, 0.15) is 57.4 Å². The van der Waals surface area contributed by atoms with Gasteiger partial charge in [0.25, 0.3) is 0 Å². The van der Waals surface area contributed by atoms with Gasteiger partial charge in [-0.05, 0) is 36.3 Å². The number of ketones is 3. The molecule has 0 amide bonds. The second kappa shape index (κ2) is 4.65. The molecule has 0 fully saturated rings. The van der Waals surface area contributed by atoms with Gasteiger partial charge in [0.2, 0.25) is 5.78 Å². The van der Waals surface area contributed by atoms with E-state index in [-0.39, 0.29) is 17.3 Å². The van der Waals surface area contributed by atoms with Crippen LogP contribution in [0.15, 0.2) is 29.8 Å². The zero-order valence-corrected chi connectivity index (χ0v) is 13.0. The number of carbonyl (C=O) groups is 3. The van der Waals surface area contributed by atoms with E-state index in [9.17, 15) is 14.4 Å². The Morgan fingerprint density at radius 2 is 1.48 bits per heavy atom. The number of aromatic nitrogens is 2. The highest BCUT2D eigenvalue weighted by Gasteiger charge is 2.33. The molecule has 0 saturated carbocycles. The summed E-state index contributed by atoms with van der Waals surface area (Å²) in [5.41, 5.74) is 4.53. The lowest BCUT2D eigenvalue weighted by Crippen LogP contribution is -2.04. The Bertz CT molecular complexity index is 924. The molecule has 2 aromatic heterocycles. The Morgan fingerprint density at radius 1 is 0.870 bits per heavy atom. The average Bonchev–Trinajstić information content (AvgIpc) is 3.19. The van der Waals surface area contributed by atoms with Crippen LogP contribution in [-0.4, -0.2) is 26.5 Å². The van der Waals surface area contributed by atoms with Gasteiger partial charge in [0, 0.05) is 31.7 Å². The highest BCUT2D eigenvalue weighted by molar-refractivity contribution is 6.15. The third kappa shape index (κ3) is 1.82. The number of Topliss-reactive ketones (excluding diaryl/α,β-unsaturated/α-hetero) is 3. The lowest BCUT2D eigenvalue weighted by Gasteiger charge is -2.04. The molecule has 0 atom stereocenters. The SMILES string of the molecule is CC(=O)c1ccc2n1C/C(=C1/CCn3c(C(C)=O)ccc31)C2=O. The van der Waals surface area contributed by atoms with E-state index >= 15 is 0 Å². The fraction of sp³-hybridized carbons (Fsp3) is 0.278. The van der Waals surface area contributed by atoms with Gasteiger partial charge in [0.05, 0.1) is 23.6 Å². The van der Waals surface area contributed by atoms with Crippen LogP contribution in [0.3, 0.4) is 0 Å². The van der Waals surface area contributed by atoms with Crippen LogP contribution >= 0.6 is 0 Å². The molecule has 116 valence electrons. The van der Waals surface area contributed by atoms with E-state index in [0.717, 1.165) is 29.8 Å². The summed E-state index contributed by atoms with van der Waals surface area (Å²) >= 11 is 0. The number of hydrogen-bond donors (Lipinski definition) is 0. The van der Waals surface area contributed by atoms with E-state index in [1.165, 1.54) is 6.92 Å². The van der Waals surface area contributed by atoms with Gasteiger partial charge in [-0.2, -0.15) is 0 Å². The van der Waals surface area contributed by atoms with Gasteiger partial charge < -0.3 is 9.13 Å². The number of fused-ring (bicyclic) bond motifs is 2. The van der Waals surface area contributed by atoms with Gasteiger partial charge in [-0.3, -0.25) is 14.4 Å². The first kappa shape index (κ1) is 13.9. The summed E-state index contributed by atoms with van der Waals surface area (Å²) in [4.78, 5) is 36.1. The summed E-state index contributed by atoms with van der Waals surface area (Å²) in [5, 5.41) is 0. The Morgan fingerprint density at radius 3 is 2.13 bits per heavy atom. The van der Waals surface area contributed by atoms with Crippen LogP contribution in [0.25, 0.3) is 5.57 Å². The summed E-state index contributed by atoms with van der Waals surface area (Å²) in [7, 11) is 0. The monoisotopic (exact) mass is 308 g/mol. The van der Waals surface area contributed by atoms with Gasteiger partial charge in [0.1, 0.15) is 0 Å². The summed E-state index contributed by atoms with van der Waals surface area (Å²) in [6.45, 7) is 4.22. The molecule has 4 heterocycles. The summed E-state index contributed by atoms with van der Waals surface area (Å²) in [6.07, 6.45) is 0.748. The summed E-state index contributed by atoms with van der Waals surface area (Å²) < 4.78 is 3.78. The van der Waals surface area contributed by atoms with Crippen molar-refractivity contribution >= 4 is 22.9 Å². The van der Waals surface area contributed by atoms with Gasteiger partial charge in [-0.15, -0.1) is 0 Å². The molecular formula is C18H16N2O3. The van der Waals surface area contributed by atoms with Crippen LogP contribution in [0.5, 0.6) is 0 Å². The van der Waals surface area contributed by atoms with Crippen LogP contribution in [0.4, 0.5) is 0 Å². The van der Waals surface area contributed by atoms with Crippen LogP contribution in [0, 0.1) is 0 Å². The molecule has 4 rings (SSSR count).